The van der Waals surface area contributed by atoms with E-state index >= 15 is 0 Å². The number of piperidine rings is 1. The van der Waals surface area contributed by atoms with Gasteiger partial charge in [-0.15, -0.1) is 5.10 Å². The number of rotatable bonds is 5. The highest BCUT2D eigenvalue weighted by molar-refractivity contribution is 5.92. The molecule has 0 radical (unpaired) electrons. The number of aromatic nitrogens is 2. The van der Waals surface area contributed by atoms with Crippen LogP contribution in [0.1, 0.15) is 41.9 Å². The molecule has 2 rings (SSSR count). The van der Waals surface area contributed by atoms with E-state index < -0.39 is 5.60 Å². The third-order valence-corrected chi connectivity index (χ3v) is 4.10. The van der Waals surface area contributed by atoms with Crippen LogP contribution < -0.4 is 5.73 Å². The molecule has 0 unspecified atom stereocenters. The van der Waals surface area contributed by atoms with E-state index in [1.807, 2.05) is 6.92 Å². The van der Waals surface area contributed by atoms with Crippen LogP contribution in [-0.2, 0) is 9.53 Å². The zero-order valence-corrected chi connectivity index (χ0v) is 13.0. The van der Waals surface area contributed by atoms with Gasteiger partial charge in [0.2, 0.25) is 5.91 Å². The molecule has 1 saturated heterocycles. The first kappa shape index (κ1) is 16.4. The minimum atomic E-state index is -0.513. The molecule has 1 atom stereocenters. The largest absolute Gasteiger partial charge is 0.376 e. The number of amides is 2. The van der Waals surface area contributed by atoms with Crippen LogP contribution >= 0.6 is 0 Å². The van der Waals surface area contributed by atoms with E-state index in [-0.39, 0.29) is 18.2 Å². The molecule has 7 heteroatoms. The Morgan fingerprint density at radius 1 is 1.41 bits per heavy atom. The number of primary amides is 1. The van der Waals surface area contributed by atoms with Crippen molar-refractivity contribution < 1.29 is 14.3 Å². The fraction of sp³-hybridized carbons (Fsp3) is 0.600. The van der Waals surface area contributed by atoms with E-state index in [0.29, 0.717) is 25.2 Å². The summed E-state index contributed by atoms with van der Waals surface area (Å²) in [7, 11) is 1.61. The van der Waals surface area contributed by atoms with Crippen molar-refractivity contribution >= 4 is 11.8 Å². The van der Waals surface area contributed by atoms with Crippen LogP contribution in [0.2, 0.25) is 0 Å². The lowest BCUT2D eigenvalue weighted by atomic mass is 9.87. The van der Waals surface area contributed by atoms with E-state index in [1.165, 1.54) is 0 Å². The van der Waals surface area contributed by atoms with Gasteiger partial charge in [0.05, 0.1) is 17.8 Å². The van der Waals surface area contributed by atoms with E-state index in [1.54, 1.807) is 24.1 Å². The van der Waals surface area contributed by atoms with Crippen molar-refractivity contribution in [1.82, 2.24) is 15.1 Å². The Labute approximate surface area is 129 Å². The van der Waals surface area contributed by atoms with Crippen LogP contribution in [0.3, 0.4) is 0 Å². The molecule has 1 aromatic rings. The van der Waals surface area contributed by atoms with Crippen molar-refractivity contribution in [3.05, 3.63) is 23.5 Å². The highest BCUT2D eigenvalue weighted by atomic mass is 16.5. The second-order valence-corrected chi connectivity index (χ2v) is 5.74. The Morgan fingerprint density at radius 2 is 2.18 bits per heavy atom. The van der Waals surface area contributed by atoms with E-state index in [4.69, 9.17) is 10.5 Å². The Bertz CT molecular complexity index is 546. The molecule has 0 bridgehead atoms. The van der Waals surface area contributed by atoms with E-state index in [2.05, 4.69) is 10.2 Å². The molecule has 2 N–H and O–H groups in total. The Kier molecular flexibility index (Phi) is 5.07. The summed E-state index contributed by atoms with van der Waals surface area (Å²) in [5.41, 5.74) is 5.81. The maximum atomic E-state index is 12.5. The molecule has 0 aromatic carbocycles. The summed E-state index contributed by atoms with van der Waals surface area (Å²) >= 11 is 0. The van der Waals surface area contributed by atoms with Gasteiger partial charge in [0, 0.05) is 20.1 Å². The fourth-order valence-corrected chi connectivity index (χ4v) is 2.77. The van der Waals surface area contributed by atoms with E-state index in [9.17, 15) is 9.59 Å². The minimum absolute atomic E-state index is 0.160. The standard InChI is InChI=1S/C15H22N4O3/c1-11-4-5-12(18-17-11)14(21)19-9-3-7-15(10-19,22-2)8-6-13(16)20/h4-5H,3,6-10H2,1-2H3,(H2,16,20)/t15-/m0/s1. The van der Waals surface area contributed by atoms with Crippen molar-refractivity contribution in [3.8, 4) is 0 Å². The molecule has 0 aliphatic carbocycles. The van der Waals surface area contributed by atoms with Crippen LogP contribution in [0, 0.1) is 6.92 Å². The molecule has 1 fully saturated rings. The molecule has 1 aliphatic heterocycles. The predicted molar refractivity (Wildman–Crippen MR) is 80.1 cm³/mol. The van der Waals surface area contributed by atoms with Crippen molar-refractivity contribution in [1.29, 1.82) is 0 Å². The summed E-state index contributed by atoms with van der Waals surface area (Å²) in [5.74, 6) is -0.517. The van der Waals surface area contributed by atoms with Gasteiger partial charge in [0.25, 0.3) is 5.91 Å². The number of hydrogen-bond donors (Lipinski definition) is 1. The lowest BCUT2D eigenvalue weighted by Crippen LogP contribution is -2.51. The summed E-state index contributed by atoms with van der Waals surface area (Å²) in [6.45, 7) is 2.91. The molecule has 1 aliphatic rings. The zero-order valence-electron chi connectivity index (χ0n) is 13.0. The number of carbonyl (C=O) groups excluding carboxylic acids is 2. The van der Waals surface area contributed by atoms with Crippen LogP contribution in [0.4, 0.5) is 0 Å². The number of ether oxygens (including phenoxy) is 1. The molecular weight excluding hydrogens is 284 g/mol. The second-order valence-electron chi connectivity index (χ2n) is 5.74. The molecule has 2 heterocycles. The lowest BCUT2D eigenvalue weighted by molar-refractivity contribution is -0.121. The quantitative estimate of drug-likeness (QED) is 0.862. The topological polar surface area (TPSA) is 98.4 Å². The van der Waals surface area contributed by atoms with Crippen LogP contribution in [0.5, 0.6) is 0 Å². The van der Waals surface area contributed by atoms with Gasteiger partial charge in [-0.05, 0) is 38.3 Å². The van der Waals surface area contributed by atoms with Gasteiger partial charge >= 0.3 is 0 Å². The fourth-order valence-electron chi connectivity index (χ4n) is 2.77. The highest BCUT2D eigenvalue weighted by Gasteiger charge is 2.37. The predicted octanol–water partition coefficient (Wildman–Crippen LogP) is 0.672. The lowest BCUT2D eigenvalue weighted by Gasteiger charge is -2.41. The summed E-state index contributed by atoms with van der Waals surface area (Å²) < 4.78 is 5.63. The minimum Gasteiger partial charge on any atom is -0.376 e. The van der Waals surface area contributed by atoms with Crippen molar-refractivity contribution in [2.75, 3.05) is 20.2 Å². The molecule has 22 heavy (non-hydrogen) atoms. The van der Waals surface area contributed by atoms with Crippen molar-refractivity contribution in [3.63, 3.8) is 0 Å². The monoisotopic (exact) mass is 306 g/mol. The number of nitrogens with two attached hydrogens (primary N) is 1. The third-order valence-electron chi connectivity index (χ3n) is 4.10. The second kappa shape index (κ2) is 6.83. The molecule has 120 valence electrons. The van der Waals surface area contributed by atoms with Crippen molar-refractivity contribution in [2.45, 2.75) is 38.2 Å². The van der Waals surface area contributed by atoms with Gasteiger partial charge in [0.15, 0.2) is 5.69 Å². The highest BCUT2D eigenvalue weighted by Crippen LogP contribution is 2.29. The summed E-state index contributed by atoms with van der Waals surface area (Å²) in [6, 6.07) is 3.44. The third kappa shape index (κ3) is 3.79. The van der Waals surface area contributed by atoms with E-state index in [0.717, 1.165) is 18.5 Å². The van der Waals surface area contributed by atoms with Crippen molar-refractivity contribution in [2.24, 2.45) is 5.73 Å². The van der Waals surface area contributed by atoms with Gasteiger partial charge < -0.3 is 15.4 Å². The molecule has 0 saturated carbocycles. The molecular formula is C15H22N4O3. The first-order valence-corrected chi connectivity index (χ1v) is 7.39. The SMILES string of the molecule is CO[C@]1(CCC(N)=O)CCCN(C(=O)c2ccc(C)nn2)C1. The smallest absolute Gasteiger partial charge is 0.274 e. The van der Waals surface area contributed by atoms with Crippen LogP contribution in [-0.4, -0.2) is 52.7 Å². The Morgan fingerprint density at radius 3 is 2.77 bits per heavy atom. The number of nitrogens with zero attached hydrogens (tertiary/aromatic N) is 3. The maximum Gasteiger partial charge on any atom is 0.274 e. The van der Waals surface area contributed by atoms with Gasteiger partial charge in [-0.2, -0.15) is 5.10 Å². The number of carbonyl (C=O) groups is 2. The number of hydrogen-bond acceptors (Lipinski definition) is 5. The average molecular weight is 306 g/mol. The van der Waals surface area contributed by atoms with Crippen LogP contribution in [0.15, 0.2) is 12.1 Å². The number of methoxy groups -OCH3 is 1. The molecule has 2 amide bonds. The zero-order chi connectivity index (χ0) is 16.2. The first-order valence-electron chi connectivity index (χ1n) is 7.39. The van der Waals surface area contributed by atoms with Gasteiger partial charge in [0.1, 0.15) is 0 Å². The molecule has 0 spiro atoms. The first-order chi connectivity index (χ1) is 10.5. The number of aryl methyl sites for hydroxylation is 1. The summed E-state index contributed by atoms with van der Waals surface area (Å²) in [4.78, 5) is 25.3. The number of likely N-dealkylation sites (tertiary alicyclic amines) is 1. The molecule has 7 nitrogen and oxygen atoms in total. The Balaban J connectivity index is 2.09. The average Bonchev–Trinajstić information content (AvgIpc) is 2.53. The molecule has 1 aromatic heterocycles. The Hall–Kier alpha value is -2.02. The summed E-state index contributed by atoms with van der Waals surface area (Å²) in [5, 5.41) is 7.87. The van der Waals surface area contributed by atoms with Gasteiger partial charge in [-0.1, -0.05) is 0 Å². The normalized spacial score (nSPS) is 21.6. The van der Waals surface area contributed by atoms with Gasteiger partial charge in [-0.25, -0.2) is 0 Å². The van der Waals surface area contributed by atoms with Gasteiger partial charge in [-0.3, -0.25) is 9.59 Å². The van der Waals surface area contributed by atoms with Crippen LogP contribution in [0.25, 0.3) is 0 Å². The maximum absolute atomic E-state index is 12.5. The summed E-state index contributed by atoms with van der Waals surface area (Å²) in [6.07, 6.45) is 2.39.